The third-order valence-electron chi connectivity index (χ3n) is 0. The van der Waals surface area contributed by atoms with Crippen molar-refractivity contribution in [2.75, 3.05) is 0 Å². The molecule has 0 spiro atoms. The zero-order valence-electron chi connectivity index (χ0n) is 1.10. The molecule has 0 bridgehead atoms. The standard InChI is InChI=1S/Cu.Fe.Li.P.H/q;+3;;-3;. The van der Waals surface area contributed by atoms with Crippen molar-refractivity contribution in [3.05, 3.63) is 0 Å². The average molecular weight is 158 g/mol. The Balaban J connectivity index is 0. The molecule has 0 fully saturated rings. The molecule has 4 heavy (non-hydrogen) atoms. The summed E-state index contributed by atoms with van der Waals surface area (Å²) in [6.45, 7) is 0. The molecule has 0 N–H and O–H groups in total. The molecule has 4 heteroatoms. The van der Waals surface area contributed by atoms with Crippen molar-refractivity contribution in [2.45, 2.75) is 0 Å². The number of hydrogen-bond acceptors (Lipinski definition) is 0. The van der Waals surface area contributed by atoms with Gasteiger partial charge >= 0.3 is 35.9 Å². The van der Waals surface area contributed by atoms with E-state index < -0.39 is 0 Å². The summed E-state index contributed by atoms with van der Waals surface area (Å²) < 4.78 is 0. The van der Waals surface area contributed by atoms with E-state index in [0.717, 1.165) is 0 Å². The van der Waals surface area contributed by atoms with Crippen LogP contribution in [0.4, 0.5) is 0 Å². The fraction of sp³-hybridized carbons (Fsp3) is 0. The van der Waals surface area contributed by atoms with Gasteiger partial charge in [0, 0.05) is 17.1 Å². The Morgan fingerprint density at radius 3 is 1.00 bits per heavy atom. The Kier molecular flexibility index (Phi) is 179. The van der Waals surface area contributed by atoms with Crippen molar-refractivity contribution in [3.63, 3.8) is 0 Å². The maximum Gasteiger partial charge on any atom is -3.00 e. The van der Waals surface area contributed by atoms with Crippen LogP contribution >= 0.6 is 9.90 Å². The van der Waals surface area contributed by atoms with Crippen LogP contribution in [-0.2, 0) is 34.1 Å². The first-order chi connectivity index (χ1) is 0. The maximum absolute atomic E-state index is 0. The Morgan fingerprint density at radius 1 is 1.00 bits per heavy atom. The first-order valence-electron chi connectivity index (χ1n) is 0. The Bertz CT molecular complexity index is 8.00. The van der Waals surface area contributed by atoms with Crippen LogP contribution in [0.1, 0.15) is 0 Å². The monoisotopic (exact) mass is 158 g/mol. The summed E-state index contributed by atoms with van der Waals surface area (Å²) in [7, 11) is 0. The largest absolute Gasteiger partial charge is 3.00 e. The SMILES string of the molecule is [Cu].[Fe+3].[LiH].[P-3]. The molecular formula is HCuFeLiP. The molecule has 0 aliphatic heterocycles. The first kappa shape index (κ1) is 36.5. The predicted molar refractivity (Wildman–Crippen MR) is 14.1 cm³/mol. The molecule has 0 nitrogen and oxygen atoms in total. The van der Waals surface area contributed by atoms with E-state index in [2.05, 4.69) is 0 Å². The third-order valence-corrected chi connectivity index (χ3v) is 0. The minimum absolute atomic E-state index is 0. The van der Waals surface area contributed by atoms with Gasteiger partial charge in [0.1, 0.15) is 0 Å². The Hall–Kier alpha value is 2.07. The van der Waals surface area contributed by atoms with E-state index in [9.17, 15) is 0 Å². The van der Waals surface area contributed by atoms with Crippen LogP contribution < -0.4 is 0 Å². The smallest absolute Gasteiger partial charge is 3.00 e. The normalized spacial score (nSPS) is 0. The van der Waals surface area contributed by atoms with Crippen LogP contribution in [-0.4, -0.2) is 18.9 Å². The molecule has 0 aliphatic rings. The molecule has 0 aliphatic carbocycles. The van der Waals surface area contributed by atoms with Crippen molar-refractivity contribution >= 4 is 28.8 Å². The average Bonchev–Trinajstić information content (AvgIpc) is 0. The maximum atomic E-state index is 0. The van der Waals surface area contributed by atoms with Crippen molar-refractivity contribution in [1.82, 2.24) is 0 Å². The van der Waals surface area contributed by atoms with E-state index in [0.29, 0.717) is 0 Å². The second-order valence-corrected chi connectivity index (χ2v) is 0. The molecule has 2 radical (unpaired) electrons. The zero-order valence-corrected chi connectivity index (χ0v) is 4.04. The van der Waals surface area contributed by atoms with Gasteiger partial charge < -0.3 is 9.90 Å². The van der Waals surface area contributed by atoms with Crippen LogP contribution in [0, 0.1) is 0 Å². The molecule has 0 aromatic heterocycles. The first-order valence-corrected chi connectivity index (χ1v) is 0. The molecule has 0 saturated heterocycles. The second-order valence-electron chi connectivity index (χ2n) is 0. The van der Waals surface area contributed by atoms with E-state index >= 15 is 0 Å². The van der Waals surface area contributed by atoms with Gasteiger partial charge in [-0.3, -0.25) is 0 Å². The Labute approximate surface area is 62.6 Å². The van der Waals surface area contributed by atoms with Gasteiger partial charge in [0.2, 0.25) is 0 Å². The van der Waals surface area contributed by atoms with Crippen LogP contribution in [0.3, 0.4) is 0 Å². The molecule has 0 saturated carbocycles. The fourth-order valence-electron chi connectivity index (χ4n) is 0. The summed E-state index contributed by atoms with van der Waals surface area (Å²) in [6, 6.07) is 0. The molecule has 0 amide bonds. The number of hydrogen-bond donors (Lipinski definition) is 0. The summed E-state index contributed by atoms with van der Waals surface area (Å²) in [5, 5.41) is 0. The van der Waals surface area contributed by atoms with Gasteiger partial charge in [-0.25, -0.2) is 0 Å². The molecule has 0 aromatic rings. The van der Waals surface area contributed by atoms with E-state index in [1.807, 2.05) is 0 Å². The minimum atomic E-state index is 0. The fourth-order valence-corrected chi connectivity index (χ4v) is 0. The molecule has 0 heterocycles. The van der Waals surface area contributed by atoms with Crippen LogP contribution in [0.25, 0.3) is 0 Å². The molecule has 0 unspecified atom stereocenters. The van der Waals surface area contributed by atoms with Gasteiger partial charge in [0.25, 0.3) is 0 Å². The molecule has 26 valence electrons. The van der Waals surface area contributed by atoms with E-state index in [4.69, 9.17) is 0 Å². The van der Waals surface area contributed by atoms with Gasteiger partial charge in [-0.2, -0.15) is 0 Å². The summed E-state index contributed by atoms with van der Waals surface area (Å²) in [6.07, 6.45) is 0. The van der Waals surface area contributed by atoms with E-state index in [1.54, 1.807) is 0 Å². The summed E-state index contributed by atoms with van der Waals surface area (Å²) in [5.74, 6) is 0. The molecule has 0 rings (SSSR count). The van der Waals surface area contributed by atoms with E-state index in [-0.39, 0.29) is 62.9 Å². The second kappa shape index (κ2) is 19.6. The van der Waals surface area contributed by atoms with Crippen molar-refractivity contribution in [1.29, 1.82) is 0 Å². The third kappa shape index (κ3) is 8.95. The molecule has 0 atom stereocenters. The van der Waals surface area contributed by atoms with Crippen LogP contribution in [0.15, 0.2) is 0 Å². The quantitative estimate of drug-likeness (QED) is 0.349. The molecular weight excluding hydrogens is 157 g/mol. The van der Waals surface area contributed by atoms with Crippen molar-refractivity contribution in [2.24, 2.45) is 0 Å². The van der Waals surface area contributed by atoms with Gasteiger partial charge in [0.15, 0.2) is 0 Å². The van der Waals surface area contributed by atoms with Gasteiger partial charge in [-0.15, -0.1) is 0 Å². The van der Waals surface area contributed by atoms with Gasteiger partial charge in [-0.1, -0.05) is 0 Å². The van der Waals surface area contributed by atoms with Crippen LogP contribution in [0.2, 0.25) is 0 Å². The zero-order chi connectivity index (χ0) is 0. The topological polar surface area (TPSA) is 0 Å². The predicted octanol–water partition coefficient (Wildman–Crippen LogP) is 0.208. The summed E-state index contributed by atoms with van der Waals surface area (Å²) >= 11 is 0. The van der Waals surface area contributed by atoms with Crippen molar-refractivity contribution in [3.8, 4) is 0 Å². The van der Waals surface area contributed by atoms with Gasteiger partial charge in [-0.05, 0) is 0 Å². The minimum Gasteiger partial charge on any atom is -3.00 e. The van der Waals surface area contributed by atoms with Gasteiger partial charge in [0.05, 0.1) is 0 Å². The Morgan fingerprint density at radius 2 is 1.00 bits per heavy atom. The van der Waals surface area contributed by atoms with E-state index in [1.165, 1.54) is 0 Å². The number of rotatable bonds is 0. The summed E-state index contributed by atoms with van der Waals surface area (Å²) in [4.78, 5) is 0. The van der Waals surface area contributed by atoms with Crippen LogP contribution in [0.5, 0.6) is 0 Å². The summed E-state index contributed by atoms with van der Waals surface area (Å²) in [5.41, 5.74) is 0. The molecule has 0 aromatic carbocycles. The van der Waals surface area contributed by atoms with Crippen molar-refractivity contribution < 1.29 is 34.1 Å².